The SMILES string of the molecule is C=C(NCCN1CCC(CCc2ccccc2)CC1)c1cnccc1N1CCCC(CCN)C1. The van der Waals surface area contributed by atoms with E-state index < -0.39 is 0 Å². The van der Waals surface area contributed by atoms with Gasteiger partial charge in [0.25, 0.3) is 0 Å². The van der Waals surface area contributed by atoms with Crippen molar-refractivity contribution in [2.45, 2.75) is 44.9 Å². The Morgan fingerprint density at radius 1 is 1.03 bits per heavy atom. The van der Waals surface area contributed by atoms with Gasteiger partial charge in [0.1, 0.15) is 0 Å². The van der Waals surface area contributed by atoms with E-state index in [9.17, 15) is 0 Å². The standard InChI is InChI=1S/C29H43N5/c1-24(28-22-31-16-12-29(28)34-18-5-8-27(23-34)11-15-30)32-17-21-33-19-13-26(14-20-33)10-9-25-6-3-2-4-7-25/h2-4,6-7,12,16,22,26-27,32H,1,5,8-11,13-15,17-21,23,30H2. The van der Waals surface area contributed by atoms with Crippen LogP contribution in [0.25, 0.3) is 5.70 Å². The van der Waals surface area contributed by atoms with Gasteiger partial charge >= 0.3 is 0 Å². The molecule has 1 atom stereocenters. The largest absolute Gasteiger partial charge is 0.384 e. The molecule has 2 aromatic rings. The maximum absolute atomic E-state index is 5.83. The first-order valence-corrected chi connectivity index (χ1v) is 13.3. The number of hydrogen-bond donors (Lipinski definition) is 2. The summed E-state index contributed by atoms with van der Waals surface area (Å²) in [5.41, 5.74) is 10.7. The number of nitrogens with zero attached hydrogens (tertiary/aromatic N) is 3. The molecule has 5 nitrogen and oxygen atoms in total. The van der Waals surface area contributed by atoms with Gasteiger partial charge in [-0.05, 0) is 88.0 Å². The molecule has 0 aliphatic carbocycles. The highest BCUT2D eigenvalue weighted by Gasteiger charge is 2.22. The summed E-state index contributed by atoms with van der Waals surface area (Å²) in [6, 6.07) is 13.1. The van der Waals surface area contributed by atoms with Crippen molar-refractivity contribution in [3.63, 3.8) is 0 Å². The van der Waals surface area contributed by atoms with Crippen LogP contribution in [-0.4, -0.2) is 55.7 Å². The van der Waals surface area contributed by atoms with Crippen molar-refractivity contribution in [1.29, 1.82) is 0 Å². The first-order chi connectivity index (χ1) is 16.7. The van der Waals surface area contributed by atoms with Gasteiger partial charge in [-0.3, -0.25) is 4.98 Å². The van der Waals surface area contributed by atoms with Gasteiger partial charge < -0.3 is 20.9 Å². The molecule has 2 aliphatic rings. The van der Waals surface area contributed by atoms with Crippen LogP contribution in [0.5, 0.6) is 0 Å². The fraction of sp³-hybridized carbons (Fsp3) is 0.552. The molecule has 3 N–H and O–H groups in total. The summed E-state index contributed by atoms with van der Waals surface area (Å²) >= 11 is 0. The Labute approximate surface area is 206 Å². The molecule has 4 rings (SSSR count). The van der Waals surface area contributed by atoms with Crippen molar-refractivity contribution in [2.75, 3.05) is 50.7 Å². The minimum absolute atomic E-state index is 0.691. The highest BCUT2D eigenvalue weighted by molar-refractivity contribution is 5.74. The van der Waals surface area contributed by atoms with Crippen LogP contribution in [0.3, 0.4) is 0 Å². The second kappa shape index (κ2) is 12.9. The molecule has 2 fully saturated rings. The first kappa shape index (κ1) is 24.7. The van der Waals surface area contributed by atoms with Gasteiger partial charge in [0.05, 0.1) is 0 Å². The lowest BCUT2D eigenvalue weighted by molar-refractivity contribution is 0.181. The predicted molar refractivity (Wildman–Crippen MR) is 144 cm³/mol. The van der Waals surface area contributed by atoms with Crippen LogP contribution in [0.15, 0.2) is 55.4 Å². The van der Waals surface area contributed by atoms with Crippen molar-refractivity contribution in [3.8, 4) is 0 Å². The topological polar surface area (TPSA) is 57.4 Å². The molecular formula is C29H43N5. The van der Waals surface area contributed by atoms with E-state index in [1.54, 1.807) is 0 Å². The Hall–Kier alpha value is -2.37. The fourth-order valence-corrected chi connectivity index (χ4v) is 5.62. The van der Waals surface area contributed by atoms with E-state index >= 15 is 0 Å². The molecule has 184 valence electrons. The Morgan fingerprint density at radius 2 is 1.85 bits per heavy atom. The Balaban J connectivity index is 1.20. The van der Waals surface area contributed by atoms with Crippen LogP contribution in [0.1, 0.15) is 49.7 Å². The molecule has 34 heavy (non-hydrogen) atoms. The molecule has 5 heteroatoms. The molecule has 2 saturated heterocycles. The highest BCUT2D eigenvalue weighted by atomic mass is 15.2. The number of hydrogen-bond acceptors (Lipinski definition) is 5. The van der Waals surface area contributed by atoms with Gasteiger partial charge in [-0.1, -0.05) is 36.9 Å². The van der Waals surface area contributed by atoms with Gasteiger partial charge in [0.15, 0.2) is 0 Å². The third kappa shape index (κ3) is 7.07. The van der Waals surface area contributed by atoms with Gasteiger partial charge in [-0.25, -0.2) is 0 Å². The normalized spacial score (nSPS) is 19.8. The lowest BCUT2D eigenvalue weighted by atomic mass is 9.90. The molecule has 3 heterocycles. The number of benzene rings is 1. The number of nitrogens with one attached hydrogen (secondary N) is 1. The average molecular weight is 462 g/mol. The van der Waals surface area contributed by atoms with E-state index in [2.05, 4.69) is 63.1 Å². The van der Waals surface area contributed by atoms with Gasteiger partial charge in [0, 0.05) is 55.5 Å². The zero-order valence-corrected chi connectivity index (χ0v) is 20.8. The number of aromatic nitrogens is 1. The fourth-order valence-electron chi connectivity index (χ4n) is 5.62. The van der Waals surface area contributed by atoms with Gasteiger partial charge in [-0.2, -0.15) is 0 Å². The number of aryl methyl sites for hydroxylation is 1. The number of piperidine rings is 2. The van der Waals surface area contributed by atoms with E-state index in [1.165, 1.54) is 62.9 Å². The summed E-state index contributed by atoms with van der Waals surface area (Å²) in [5.74, 6) is 1.56. The first-order valence-electron chi connectivity index (χ1n) is 13.3. The maximum atomic E-state index is 5.83. The molecule has 0 bridgehead atoms. The van der Waals surface area contributed by atoms with Crippen LogP contribution < -0.4 is 16.0 Å². The van der Waals surface area contributed by atoms with Crippen LogP contribution in [0, 0.1) is 11.8 Å². The lowest BCUT2D eigenvalue weighted by Gasteiger charge is -2.35. The highest BCUT2D eigenvalue weighted by Crippen LogP contribution is 2.29. The van der Waals surface area contributed by atoms with Crippen LogP contribution in [0.2, 0.25) is 0 Å². The van der Waals surface area contributed by atoms with Crippen molar-refractivity contribution < 1.29 is 0 Å². The minimum atomic E-state index is 0.691. The number of pyridine rings is 1. The molecule has 1 unspecified atom stereocenters. The van der Waals surface area contributed by atoms with E-state index in [0.717, 1.165) is 56.3 Å². The van der Waals surface area contributed by atoms with E-state index in [4.69, 9.17) is 5.73 Å². The summed E-state index contributed by atoms with van der Waals surface area (Å²) in [6.07, 6.45) is 12.7. The molecule has 0 spiro atoms. The number of likely N-dealkylation sites (tertiary alicyclic amines) is 1. The maximum Gasteiger partial charge on any atom is 0.0491 e. The number of rotatable bonds is 11. The molecule has 0 amide bonds. The number of anilines is 1. The lowest BCUT2D eigenvalue weighted by Crippen LogP contribution is -2.38. The minimum Gasteiger partial charge on any atom is -0.384 e. The number of nitrogens with two attached hydrogens (primary N) is 1. The van der Waals surface area contributed by atoms with Crippen molar-refractivity contribution in [1.82, 2.24) is 15.2 Å². The molecule has 0 radical (unpaired) electrons. The van der Waals surface area contributed by atoms with Crippen molar-refractivity contribution >= 4 is 11.4 Å². The van der Waals surface area contributed by atoms with Crippen LogP contribution >= 0.6 is 0 Å². The quantitative estimate of drug-likeness (QED) is 0.514. The van der Waals surface area contributed by atoms with E-state index in [1.807, 2.05) is 12.4 Å². The Morgan fingerprint density at radius 3 is 2.65 bits per heavy atom. The van der Waals surface area contributed by atoms with Crippen LogP contribution in [-0.2, 0) is 6.42 Å². The Bertz CT molecular complexity index is 873. The predicted octanol–water partition coefficient (Wildman–Crippen LogP) is 4.55. The second-order valence-electron chi connectivity index (χ2n) is 10.1. The summed E-state index contributed by atoms with van der Waals surface area (Å²) in [7, 11) is 0. The van der Waals surface area contributed by atoms with E-state index in [0.29, 0.717) is 5.92 Å². The third-order valence-electron chi connectivity index (χ3n) is 7.72. The monoisotopic (exact) mass is 461 g/mol. The zero-order valence-electron chi connectivity index (χ0n) is 20.8. The Kier molecular flexibility index (Phi) is 9.40. The molecule has 2 aliphatic heterocycles. The average Bonchev–Trinajstić information content (AvgIpc) is 2.89. The smallest absolute Gasteiger partial charge is 0.0491 e. The third-order valence-corrected chi connectivity index (χ3v) is 7.72. The van der Waals surface area contributed by atoms with Gasteiger partial charge in [-0.15, -0.1) is 0 Å². The summed E-state index contributed by atoms with van der Waals surface area (Å²) in [6.45, 7) is 11.8. The van der Waals surface area contributed by atoms with Crippen molar-refractivity contribution in [2.24, 2.45) is 17.6 Å². The second-order valence-corrected chi connectivity index (χ2v) is 10.1. The van der Waals surface area contributed by atoms with Crippen LogP contribution in [0.4, 0.5) is 5.69 Å². The summed E-state index contributed by atoms with van der Waals surface area (Å²) in [5, 5.41) is 3.60. The molecular weight excluding hydrogens is 418 g/mol. The summed E-state index contributed by atoms with van der Waals surface area (Å²) < 4.78 is 0. The van der Waals surface area contributed by atoms with Crippen molar-refractivity contribution in [3.05, 3.63) is 66.5 Å². The zero-order chi connectivity index (χ0) is 23.6. The molecule has 1 aromatic carbocycles. The van der Waals surface area contributed by atoms with Gasteiger partial charge in [0.2, 0.25) is 0 Å². The molecule has 1 aromatic heterocycles. The van der Waals surface area contributed by atoms with E-state index in [-0.39, 0.29) is 0 Å². The molecule has 0 saturated carbocycles. The summed E-state index contributed by atoms with van der Waals surface area (Å²) in [4.78, 5) is 9.51.